The molecule has 218 valence electrons. The van der Waals surface area contributed by atoms with E-state index in [-0.39, 0.29) is 17.3 Å². The molecule has 0 amide bonds. The first kappa shape index (κ1) is 32.0. The van der Waals surface area contributed by atoms with E-state index in [0.717, 1.165) is 12.8 Å². The Morgan fingerprint density at radius 2 is 1.72 bits per heavy atom. The van der Waals surface area contributed by atoms with Gasteiger partial charge >= 0.3 is 112 Å². The minimum absolute atomic E-state index is 0.00360. The number of anilines is 1. The number of nitro benzene ring substituents is 1. The number of ether oxygens (including phenoxy) is 1. The second kappa shape index (κ2) is 13.9. The largest absolute Gasteiger partial charge is 0.517 e. The first-order valence-electron chi connectivity index (χ1n) is 14.0. The van der Waals surface area contributed by atoms with Crippen LogP contribution in [0.5, 0.6) is 5.75 Å². The zero-order valence-corrected chi connectivity index (χ0v) is 27.3. The molecule has 1 heterocycles. The first-order valence-corrected chi connectivity index (χ1v) is 19.4. The van der Waals surface area contributed by atoms with Crippen molar-refractivity contribution < 1.29 is 23.2 Å². The Hall–Kier alpha value is -1.49. The maximum absolute atomic E-state index is 10.7. The number of aryl methyl sites for hydroxylation is 2. The molecule has 0 unspecified atom stereocenters. The Balaban J connectivity index is 0.000000224. The number of non-ortho nitro benzene ring substituents is 1. The van der Waals surface area contributed by atoms with Crippen LogP contribution in [-0.2, 0) is 26.4 Å². The molecule has 4 rings (SSSR count). The zero-order valence-electron chi connectivity index (χ0n) is 24.1. The number of benzene rings is 2. The van der Waals surface area contributed by atoms with E-state index in [1.165, 1.54) is 67.5 Å². The van der Waals surface area contributed by atoms with Gasteiger partial charge in [-0.15, -0.1) is 5.41 Å². The van der Waals surface area contributed by atoms with Crippen LogP contribution in [-0.4, -0.2) is 21.2 Å². The number of nitrogens with zero attached hydrogens (tertiary/aromatic N) is 2. The summed E-state index contributed by atoms with van der Waals surface area (Å²) in [5.41, 5.74) is 5.82. The van der Waals surface area contributed by atoms with E-state index in [1.807, 2.05) is 13.8 Å². The Morgan fingerprint density at radius 1 is 1.10 bits per heavy atom. The average Bonchev–Trinajstić information content (AvgIpc) is 3.13. The van der Waals surface area contributed by atoms with Crippen LogP contribution < -0.4 is 9.64 Å². The Bertz CT molecular complexity index is 1150. The third-order valence-electron chi connectivity index (χ3n) is 7.65. The predicted octanol–water partition coefficient (Wildman–Crippen LogP) is 9.37. The van der Waals surface area contributed by atoms with Gasteiger partial charge in [0.1, 0.15) is 0 Å². The molecule has 0 aromatic heterocycles. The van der Waals surface area contributed by atoms with Crippen LogP contribution >= 0.6 is 19.4 Å². The first-order chi connectivity index (χ1) is 18.4. The number of para-hydroxylation sites is 1. The van der Waals surface area contributed by atoms with Gasteiger partial charge in [-0.2, -0.15) is 0 Å². The third kappa shape index (κ3) is 8.27. The SMILES string of the molecule is CC(C)Oc1ccc([N+](=O)[O-])cc1[CH]=[Ru]([Cl])[Cl].CCc1cccc(CC)c1N1[CH-]C2(CCCCC2)CC1(C)C. The van der Waals surface area contributed by atoms with Crippen LogP contribution in [0, 0.1) is 22.1 Å². The summed E-state index contributed by atoms with van der Waals surface area (Å²) in [6.07, 6.45) is 10.6. The summed E-state index contributed by atoms with van der Waals surface area (Å²) < 4.78 is 7.17. The van der Waals surface area contributed by atoms with Crippen LogP contribution in [0.4, 0.5) is 11.4 Å². The van der Waals surface area contributed by atoms with Gasteiger partial charge in [-0.05, 0) is 37.8 Å². The fourth-order valence-electron chi connectivity index (χ4n) is 6.07. The molecule has 1 aliphatic heterocycles. The molecule has 1 saturated carbocycles. The third-order valence-corrected chi connectivity index (χ3v) is 9.48. The summed E-state index contributed by atoms with van der Waals surface area (Å²) in [6.45, 7) is 15.9. The van der Waals surface area contributed by atoms with E-state index in [9.17, 15) is 10.1 Å². The van der Waals surface area contributed by atoms with E-state index in [0.29, 0.717) is 16.7 Å². The molecule has 2 aliphatic rings. The minimum Gasteiger partial charge on any atom is -0.517 e. The molecule has 2 aromatic rings. The molecule has 0 N–H and O–H groups in total. The summed E-state index contributed by atoms with van der Waals surface area (Å²) in [5, 5.41) is 10.7. The van der Waals surface area contributed by atoms with Crippen molar-refractivity contribution >= 4 is 35.4 Å². The predicted molar refractivity (Wildman–Crippen MR) is 162 cm³/mol. The van der Waals surface area contributed by atoms with Gasteiger partial charge in [-0.1, -0.05) is 70.6 Å². The second-order valence-corrected chi connectivity index (χ2v) is 17.2. The second-order valence-electron chi connectivity index (χ2n) is 11.5. The summed E-state index contributed by atoms with van der Waals surface area (Å²) in [6, 6.07) is 11.3. The summed E-state index contributed by atoms with van der Waals surface area (Å²) in [7, 11) is 11.6. The van der Waals surface area contributed by atoms with Gasteiger partial charge in [0.05, 0.1) is 0 Å². The van der Waals surface area contributed by atoms with Gasteiger partial charge in [0.15, 0.2) is 0 Å². The number of nitro groups is 1. The van der Waals surface area contributed by atoms with E-state index < -0.39 is 18.4 Å². The quantitative estimate of drug-likeness (QED) is 0.128. The Morgan fingerprint density at radius 3 is 2.23 bits per heavy atom. The fraction of sp³-hybridized carbons (Fsp3) is 0.548. The fourth-order valence-corrected chi connectivity index (χ4v) is 7.85. The van der Waals surface area contributed by atoms with Crippen LogP contribution in [0.25, 0.3) is 0 Å². The molecular weight excluding hydrogens is 620 g/mol. The molecule has 0 atom stereocenters. The van der Waals surface area contributed by atoms with E-state index in [4.69, 9.17) is 24.1 Å². The van der Waals surface area contributed by atoms with Crippen molar-refractivity contribution in [3.63, 3.8) is 0 Å². The molecule has 0 bridgehead atoms. The molecule has 1 saturated heterocycles. The van der Waals surface area contributed by atoms with Gasteiger partial charge in [-0.25, -0.2) is 6.54 Å². The van der Waals surface area contributed by atoms with Gasteiger partial charge in [-0.3, -0.25) is 0 Å². The zero-order chi connectivity index (χ0) is 28.8. The molecule has 2 fully saturated rings. The van der Waals surface area contributed by atoms with Gasteiger partial charge in [0, 0.05) is 11.2 Å². The molecule has 0 radical (unpaired) electrons. The maximum atomic E-state index is 10.7. The van der Waals surface area contributed by atoms with Crippen molar-refractivity contribution in [3.05, 3.63) is 69.7 Å². The van der Waals surface area contributed by atoms with E-state index in [1.54, 1.807) is 10.7 Å². The van der Waals surface area contributed by atoms with Crippen LogP contribution in [0.3, 0.4) is 0 Å². The number of halogens is 2. The van der Waals surface area contributed by atoms with Crippen molar-refractivity contribution in [3.8, 4) is 5.75 Å². The molecule has 2 aromatic carbocycles. The summed E-state index contributed by atoms with van der Waals surface area (Å²) in [5.74, 6) is 0.561. The topological polar surface area (TPSA) is 55.6 Å². The number of hydrogen-bond acceptors (Lipinski definition) is 4. The maximum Gasteiger partial charge on any atom is 0.0140 e. The van der Waals surface area contributed by atoms with E-state index >= 15 is 0 Å². The van der Waals surface area contributed by atoms with Crippen molar-refractivity contribution in [2.24, 2.45) is 5.41 Å². The van der Waals surface area contributed by atoms with Crippen LogP contribution in [0.1, 0.15) is 96.8 Å². The van der Waals surface area contributed by atoms with E-state index in [2.05, 4.69) is 57.3 Å². The molecule has 8 heteroatoms. The normalized spacial score (nSPS) is 18.0. The standard InChI is InChI=1S/C21H32N.C10H11NO3.2ClH.Ru/c1-5-17-11-10-12-18(6-2)19(17)22-16-21(15-20(22,3)4)13-8-7-9-14-21;1-7(2)14-10-5-4-9(11(12)13)6-8(10)3;;;/h10-12,16H,5-9,13-15H2,1-4H3;3-7H,1-2H3;2*1H;/q-1;;;;+2/p-2. The molecular formula is C31H43Cl2N2O3Ru-. The summed E-state index contributed by atoms with van der Waals surface area (Å²) >= 11 is -2.05. The van der Waals surface area contributed by atoms with Crippen LogP contribution in [0.15, 0.2) is 36.4 Å². The molecule has 1 spiro atoms. The molecule has 1 aliphatic carbocycles. The van der Waals surface area contributed by atoms with Gasteiger partial charge in [0.2, 0.25) is 0 Å². The van der Waals surface area contributed by atoms with Crippen LogP contribution in [0.2, 0.25) is 0 Å². The Kier molecular flexibility index (Phi) is 11.4. The van der Waals surface area contributed by atoms with Crippen molar-refractivity contribution in [1.29, 1.82) is 0 Å². The smallest absolute Gasteiger partial charge is 0.0140 e. The number of hydrogen-bond donors (Lipinski definition) is 0. The Labute approximate surface area is 247 Å². The minimum atomic E-state index is -2.05. The monoisotopic (exact) mass is 663 g/mol. The number of rotatable bonds is 7. The van der Waals surface area contributed by atoms with Crippen molar-refractivity contribution in [1.82, 2.24) is 0 Å². The van der Waals surface area contributed by atoms with Gasteiger partial charge < -0.3 is 4.90 Å². The molecule has 5 nitrogen and oxygen atoms in total. The molecule has 39 heavy (non-hydrogen) atoms. The van der Waals surface area contributed by atoms with Gasteiger partial charge in [0.25, 0.3) is 0 Å². The summed E-state index contributed by atoms with van der Waals surface area (Å²) in [4.78, 5) is 12.9. The van der Waals surface area contributed by atoms with Crippen molar-refractivity contribution in [2.45, 2.75) is 105 Å². The van der Waals surface area contributed by atoms with Crippen molar-refractivity contribution in [2.75, 3.05) is 4.90 Å². The average molecular weight is 664 g/mol.